The lowest BCUT2D eigenvalue weighted by Crippen LogP contribution is -1.95. The number of hydrogen-bond donors (Lipinski definition) is 2. The summed E-state index contributed by atoms with van der Waals surface area (Å²) in [6.07, 6.45) is 6.66. The fourth-order valence-corrected chi connectivity index (χ4v) is 3.37. The Labute approximate surface area is 156 Å². The van der Waals surface area contributed by atoms with Crippen molar-refractivity contribution in [1.82, 2.24) is 0 Å². The summed E-state index contributed by atoms with van der Waals surface area (Å²) in [5.74, 6) is 0.611. The van der Waals surface area contributed by atoms with Crippen molar-refractivity contribution in [2.24, 2.45) is 0 Å². The number of hydrogen-bond acceptors (Lipinski definition) is 2. The van der Waals surface area contributed by atoms with Gasteiger partial charge in [-0.05, 0) is 83.3 Å². The van der Waals surface area contributed by atoms with E-state index in [4.69, 9.17) is 0 Å². The molecule has 0 unspecified atom stereocenters. The fourth-order valence-electron chi connectivity index (χ4n) is 3.37. The van der Waals surface area contributed by atoms with Gasteiger partial charge in [-0.3, -0.25) is 0 Å². The van der Waals surface area contributed by atoms with Crippen LogP contribution in [0.5, 0.6) is 11.5 Å². The second-order valence-corrected chi connectivity index (χ2v) is 6.34. The summed E-state index contributed by atoms with van der Waals surface area (Å²) >= 11 is 0. The second kappa shape index (κ2) is 9.10. The number of aromatic hydroxyl groups is 2. The van der Waals surface area contributed by atoms with Crippen molar-refractivity contribution in [3.05, 3.63) is 84.0 Å². The van der Waals surface area contributed by atoms with Crippen LogP contribution in [-0.2, 0) is 12.8 Å². The van der Waals surface area contributed by atoms with Crippen LogP contribution in [0.25, 0.3) is 11.1 Å². The van der Waals surface area contributed by atoms with Gasteiger partial charge in [-0.15, -0.1) is 13.2 Å². The van der Waals surface area contributed by atoms with Gasteiger partial charge in [0.15, 0.2) is 0 Å². The van der Waals surface area contributed by atoms with Crippen molar-refractivity contribution in [3.8, 4) is 11.5 Å². The summed E-state index contributed by atoms with van der Waals surface area (Å²) in [6, 6.07) is 11.6. The molecule has 0 aromatic heterocycles. The molecular weight excluding hydrogens is 320 g/mol. The Kier molecular flexibility index (Phi) is 6.85. The molecule has 0 amide bonds. The van der Waals surface area contributed by atoms with Crippen LogP contribution in [0, 0.1) is 0 Å². The van der Waals surface area contributed by atoms with E-state index in [0.717, 1.165) is 35.1 Å². The Balaban J connectivity index is 2.61. The molecule has 0 saturated carbocycles. The predicted octanol–water partition coefficient (Wildman–Crippen LogP) is 6.29. The molecular formula is C24H28O2. The van der Waals surface area contributed by atoms with Crippen LogP contribution in [0.15, 0.2) is 61.7 Å². The molecule has 2 nitrogen and oxygen atoms in total. The maximum absolute atomic E-state index is 10.1. The van der Waals surface area contributed by atoms with Crippen molar-refractivity contribution in [3.63, 3.8) is 0 Å². The number of phenols is 2. The van der Waals surface area contributed by atoms with Gasteiger partial charge in [0, 0.05) is 0 Å². The Hall–Kier alpha value is -2.74. The van der Waals surface area contributed by atoms with Gasteiger partial charge < -0.3 is 10.2 Å². The predicted molar refractivity (Wildman–Crippen MR) is 111 cm³/mol. The zero-order valence-corrected chi connectivity index (χ0v) is 15.8. The zero-order valence-electron chi connectivity index (χ0n) is 15.8. The monoisotopic (exact) mass is 348 g/mol. The highest BCUT2D eigenvalue weighted by Gasteiger charge is 2.12. The third kappa shape index (κ3) is 4.26. The lowest BCUT2D eigenvalue weighted by molar-refractivity contribution is 0.469. The molecule has 0 saturated heterocycles. The van der Waals surface area contributed by atoms with E-state index in [1.165, 1.54) is 11.1 Å². The highest BCUT2D eigenvalue weighted by atomic mass is 16.3. The van der Waals surface area contributed by atoms with Crippen LogP contribution in [0.1, 0.15) is 48.9 Å². The molecule has 0 fully saturated rings. The maximum Gasteiger partial charge on any atom is 0.119 e. The van der Waals surface area contributed by atoms with Crippen LogP contribution < -0.4 is 0 Å². The Morgan fingerprint density at radius 2 is 1.15 bits per heavy atom. The topological polar surface area (TPSA) is 40.5 Å². The molecule has 0 atom stereocenters. The quantitative estimate of drug-likeness (QED) is 0.435. The van der Waals surface area contributed by atoms with E-state index < -0.39 is 0 Å². The van der Waals surface area contributed by atoms with Gasteiger partial charge in [-0.25, -0.2) is 0 Å². The molecule has 2 rings (SSSR count). The third-order valence-electron chi connectivity index (χ3n) is 4.66. The number of benzene rings is 2. The van der Waals surface area contributed by atoms with E-state index in [0.29, 0.717) is 24.3 Å². The first kappa shape index (κ1) is 19.6. The van der Waals surface area contributed by atoms with Crippen molar-refractivity contribution in [2.75, 3.05) is 0 Å². The van der Waals surface area contributed by atoms with Crippen LogP contribution in [0.3, 0.4) is 0 Å². The molecule has 0 heterocycles. The summed E-state index contributed by atoms with van der Waals surface area (Å²) in [5, 5.41) is 20.1. The van der Waals surface area contributed by atoms with E-state index in [-0.39, 0.29) is 0 Å². The van der Waals surface area contributed by atoms with Gasteiger partial charge in [-0.1, -0.05) is 38.1 Å². The largest absolute Gasteiger partial charge is 0.508 e. The van der Waals surface area contributed by atoms with E-state index >= 15 is 0 Å². The molecule has 0 aliphatic heterocycles. The summed E-state index contributed by atoms with van der Waals surface area (Å²) in [6.45, 7) is 11.8. The van der Waals surface area contributed by atoms with E-state index in [2.05, 4.69) is 39.1 Å². The minimum atomic E-state index is 0.306. The fraction of sp³-hybridized carbons (Fsp3) is 0.250. The van der Waals surface area contributed by atoms with Gasteiger partial charge in [0.25, 0.3) is 0 Å². The zero-order chi connectivity index (χ0) is 19.1. The smallest absolute Gasteiger partial charge is 0.119 e. The molecule has 136 valence electrons. The summed E-state index contributed by atoms with van der Waals surface area (Å²) in [4.78, 5) is 0. The molecule has 2 aromatic carbocycles. The van der Waals surface area contributed by atoms with Gasteiger partial charge in [0.05, 0.1) is 0 Å². The van der Waals surface area contributed by atoms with Crippen molar-refractivity contribution in [2.45, 2.75) is 39.5 Å². The van der Waals surface area contributed by atoms with E-state index in [1.807, 2.05) is 12.1 Å². The average Bonchev–Trinajstić information content (AvgIpc) is 2.64. The number of allylic oxidation sites excluding steroid dienone is 4. The van der Waals surface area contributed by atoms with E-state index in [1.54, 1.807) is 24.3 Å². The molecule has 2 aromatic rings. The van der Waals surface area contributed by atoms with Crippen LogP contribution >= 0.6 is 0 Å². The molecule has 2 heteroatoms. The Bertz CT molecular complexity index is 759. The lowest BCUT2D eigenvalue weighted by Gasteiger charge is -2.16. The van der Waals surface area contributed by atoms with Crippen molar-refractivity contribution >= 4 is 11.1 Å². The highest BCUT2D eigenvalue weighted by molar-refractivity contribution is 5.91. The van der Waals surface area contributed by atoms with Crippen LogP contribution in [0.2, 0.25) is 0 Å². The lowest BCUT2D eigenvalue weighted by atomic mass is 9.89. The standard InChI is InChI=1S/C24H28O2/c1-5-9-19-15-17(11-13-23(19)25)21(7-3)22(8-4)18-12-14-24(26)20(16-18)10-6-2/h5-6,11-16,25-26H,1-2,7-10H2,3-4H3. The minimum absolute atomic E-state index is 0.306. The molecule has 0 aliphatic carbocycles. The summed E-state index contributed by atoms with van der Waals surface area (Å²) < 4.78 is 0. The normalized spacial score (nSPS) is 11.8. The van der Waals surface area contributed by atoms with Gasteiger partial charge >= 0.3 is 0 Å². The van der Waals surface area contributed by atoms with Gasteiger partial charge in [-0.2, -0.15) is 0 Å². The van der Waals surface area contributed by atoms with E-state index in [9.17, 15) is 10.2 Å². The highest BCUT2D eigenvalue weighted by Crippen LogP contribution is 2.35. The van der Waals surface area contributed by atoms with Gasteiger partial charge in [0.1, 0.15) is 11.5 Å². The molecule has 0 radical (unpaired) electrons. The number of phenolic OH excluding ortho intramolecular Hbond substituents is 2. The second-order valence-electron chi connectivity index (χ2n) is 6.34. The summed E-state index contributed by atoms with van der Waals surface area (Å²) in [5.41, 5.74) is 6.53. The Morgan fingerprint density at radius 1 is 0.769 bits per heavy atom. The summed E-state index contributed by atoms with van der Waals surface area (Å²) in [7, 11) is 0. The molecule has 0 spiro atoms. The first-order valence-electron chi connectivity index (χ1n) is 9.13. The number of rotatable bonds is 8. The van der Waals surface area contributed by atoms with Crippen molar-refractivity contribution < 1.29 is 10.2 Å². The SMILES string of the molecule is C=CCc1cc(C(CC)=C(CC)c2ccc(O)c(CC=C)c2)ccc1O. The van der Waals surface area contributed by atoms with Crippen LogP contribution in [0.4, 0.5) is 0 Å². The molecule has 0 aliphatic rings. The maximum atomic E-state index is 10.1. The van der Waals surface area contributed by atoms with Crippen molar-refractivity contribution in [1.29, 1.82) is 0 Å². The van der Waals surface area contributed by atoms with Crippen LogP contribution in [-0.4, -0.2) is 10.2 Å². The first-order valence-corrected chi connectivity index (χ1v) is 9.13. The average molecular weight is 348 g/mol. The third-order valence-corrected chi connectivity index (χ3v) is 4.66. The minimum Gasteiger partial charge on any atom is -0.508 e. The van der Waals surface area contributed by atoms with Gasteiger partial charge in [0.2, 0.25) is 0 Å². The molecule has 2 N–H and O–H groups in total. The first-order chi connectivity index (χ1) is 12.5. The molecule has 26 heavy (non-hydrogen) atoms. The molecule has 0 bridgehead atoms. The Morgan fingerprint density at radius 3 is 1.46 bits per heavy atom.